The fraction of sp³-hybridized carbons (Fsp3) is 0.0714. The second-order valence-corrected chi connectivity index (χ2v) is 4.02. The summed E-state index contributed by atoms with van der Waals surface area (Å²) in [5, 5.41) is 10.5. The predicted octanol–water partition coefficient (Wildman–Crippen LogP) is 2.82. The van der Waals surface area contributed by atoms with Crippen LogP contribution in [-0.2, 0) is 11.4 Å². The van der Waals surface area contributed by atoms with Gasteiger partial charge >= 0.3 is 6.09 Å². The molecule has 0 saturated carbocycles. The van der Waals surface area contributed by atoms with E-state index in [4.69, 9.17) is 9.57 Å². The first-order chi connectivity index (χ1) is 10.1. The third-order valence-corrected chi connectivity index (χ3v) is 2.50. The molecule has 7 nitrogen and oxygen atoms in total. The maximum atomic E-state index is 11.4. The molecule has 0 atom stereocenters. The number of hydrogen-bond donors (Lipinski definition) is 1. The van der Waals surface area contributed by atoms with Gasteiger partial charge in [0.2, 0.25) is 0 Å². The van der Waals surface area contributed by atoms with E-state index in [0.717, 1.165) is 5.56 Å². The Kier molecular flexibility index (Phi) is 4.84. The van der Waals surface area contributed by atoms with Gasteiger partial charge in [0.05, 0.1) is 11.5 Å². The smallest absolute Gasteiger partial charge is 0.409 e. The Morgan fingerprint density at radius 3 is 2.38 bits per heavy atom. The monoisotopic (exact) mass is 288 g/mol. The second kappa shape index (κ2) is 7.01. The summed E-state index contributed by atoms with van der Waals surface area (Å²) in [4.78, 5) is 26.4. The minimum atomic E-state index is -0.806. The molecule has 0 fully saturated rings. The second-order valence-electron chi connectivity index (χ2n) is 4.02. The summed E-state index contributed by atoms with van der Waals surface area (Å²) in [5.74, 6) is 0.182. The quantitative estimate of drug-likeness (QED) is 0.674. The number of benzene rings is 2. The summed E-state index contributed by atoms with van der Waals surface area (Å²) < 4.78 is 4.89. The van der Waals surface area contributed by atoms with E-state index in [0.29, 0.717) is 0 Å². The van der Waals surface area contributed by atoms with Gasteiger partial charge in [-0.1, -0.05) is 30.3 Å². The van der Waals surface area contributed by atoms with E-state index in [-0.39, 0.29) is 18.0 Å². The van der Waals surface area contributed by atoms with Crippen LogP contribution >= 0.6 is 0 Å². The number of ether oxygens (including phenoxy) is 1. The molecule has 108 valence electrons. The van der Waals surface area contributed by atoms with E-state index in [2.05, 4.69) is 5.48 Å². The number of hydroxylamine groups is 1. The number of amides is 1. The van der Waals surface area contributed by atoms with Gasteiger partial charge in [0, 0.05) is 12.1 Å². The van der Waals surface area contributed by atoms with Crippen molar-refractivity contribution >= 4 is 11.8 Å². The van der Waals surface area contributed by atoms with Crippen LogP contribution in [0.15, 0.2) is 54.6 Å². The molecule has 0 aliphatic carbocycles. The average molecular weight is 288 g/mol. The molecule has 0 bridgehead atoms. The summed E-state index contributed by atoms with van der Waals surface area (Å²) in [7, 11) is 0. The SMILES string of the molecule is O=C(NOCc1ccccc1)Oc1ccc([N+](=O)[O-])cc1. The van der Waals surface area contributed by atoms with Gasteiger partial charge in [0.15, 0.2) is 0 Å². The minimum Gasteiger partial charge on any atom is -0.409 e. The van der Waals surface area contributed by atoms with Gasteiger partial charge in [-0.3, -0.25) is 15.0 Å². The lowest BCUT2D eigenvalue weighted by atomic mass is 10.2. The molecule has 0 unspecified atom stereocenters. The highest BCUT2D eigenvalue weighted by Gasteiger charge is 2.08. The molecule has 0 heterocycles. The number of hydrogen-bond acceptors (Lipinski definition) is 5. The van der Waals surface area contributed by atoms with E-state index < -0.39 is 11.0 Å². The zero-order chi connectivity index (χ0) is 15.1. The Hall–Kier alpha value is -2.93. The van der Waals surface area contributed by atoms with Crippen LogP contribution in [0.1, 0.15) is 5.56 Å². The molecule has 0 aliphatic heterocycles. The lowest BCUT2D eigenvalue weighted by Gasteiger charge is -2.06. The van der Waals surface area contributed by atoms with Gasteiger partial charge in [-0.05, 0) is 17.7 Å². The summed E-state index contributed by atoms with van der Waals surface area (Å²) in [6.07, 6.45) is -0.806. The fourth-order valence-electron chi connectivity index (χ4n) is 1.52. The lowest BCUT2D eigenvalue weighted by molar-refractivity contribution is -0.384. The first-order valence-corrected chi connectivity index (χ1v) is 6.03. The van der Waals surface area contributed by atoms with E-state index in [1.807, 2.05) is 30.3 Å². The number of nitrogens with one attached hydrogen (secondary N) is 1. The number of carbonyl (C=O) groups is 1. The van der Waals surface area contributed by atoms with E-state index >= 15 is 0 Å². The highest BCUT2D eigenvalue weighted by Crippen LogP contribution is 2.17. The van der Waals surface area contributed by atoms with Gasteiger partial charge in [0.25, 0.3) is 5.69 Å². The zero-order valence-corrected chi connectivity index (χ0v) is 10.9. The fourth-order valence-corrected chi connectivity index (χ4v) is 1.52. The molecule has 21 heavy (non-hydrogen) atoms. The van der Waals surface area contributed by atoms with Crippen molar-refractivity contribution in [2.75, 3.05) is 0 Å². The summed E-state index contributed by atoms with van der Waals surface area (Å²) >= 11 is 0. The summed E-state index contributed by atoms with van der Waals surface area (Å²) in [6.45, 7) is 0.205. The maximum Gasteiger partial charge on any atom is 0.436 e. The van der Waals surface area contributed by atoms with Crippen LogP contribution in [0.3, 0.4) is 0 Å². The molecule has 1 amide bonds. The van der Waals surface area contributed by atoms with Crippen molar-refractivity contribution in [3.8, 4) is 5.75 Å². The minimum absolute atomic E-state index is 0.0805. The number of nitrogens with zero attached hydrogens (tertiary/aromatic N) is 1. The number of nitro benzene ring substituents is 1. The van der Waals surface area contributed by atoms with Crippen LogP contribution in [0, 0.1) is 10.1 Å². The molecule has 0 spiro atoms. The van der Waals surface area contributed by atoms with E-state index in [9.17, 15) is 14.9 Å². The largest absolute Gasteiger partial charge is 0.436 e. The normalized spacial score (nSPS) is 9.90. The first-order valence-electron chi connectivity index (χ1n) is 6.03. The van der Waals surface area contributed by atoms with Crippen molar-refractivity contribution in [1.29, 1.82) is 0 Å². The lowest BCUT2D eigenvalue weighted by Crippen LogP contribution is -2.26. The van der Waals surface area contributed by atoms with Gasteiger partial charge in [-0.25, -0.2) is 4.79 Å². The number of non-ortho nitro benzene ring substituents is 1. The Labute approximate surface area is 120 Å². The molecule has 0 saturated heterocycles. The van der Waals surface area contributed by atoms with Gasteiger partial charge < -0.3 is 4.74 Å². The molecule has 0 aromatic heterocycles. The Balaban J connectivity index is 1.78. The Morgan fingerprint density at radius 1 is 1.10 bits per heavy atom. The Morgan fingerprint density at radius 2 is 1.76 bits per heavy atom. The average Bonchev–Trinajstić information content (AvgIpc) is 2.49. The molecular weight excluding hydrogens is 276 g/mol. The highest BCUT2D eigenvalue weighted by atomic mass is 16.7. The van der Waals surface area contributed by atoms with Crippen LogP contribution in [0.4, 0.5) is 10.5 Å². The van der Waals surface area contributed by atoms with Crippen LogP contribution in [-0.4, -0.2) is 11.0 Å². The van der Waals surface area contributed by atoms with Crippen LogP contribution in [0.25, 0.3) is 0 Å². The maximum absolute atomic E-state index is 11.4. The molecule has 0 radical (unpaired) electrons. The zero-order valence-electron chi connectivity index (χ0n) is 10.9. The van der Waals surface area contributed by atoms with Crippen molar-refractivity contribution < 1.29 is 19.3 Å². The van der Waals surface area contributed by atoms with Gasteiger partial charge in [0.1, 0.15) is 5.75 Å². The van der Waals surface area contributed by atoms with Crippen molar-refractivity contribution in [3.05, 3.63) is 70.3 Å². The number of carbonyl (C=O) groups excluding carboxylic acids is 1. The summed E-state index contributed by atoms with van der Waals surface area (Å²) in [5.41, 5.74) is 2.94. The van der Waals surface area contributed by atoms with Gasteiger partial charge in [-0.15, -0.1) is 0 Å². The third-order valence-electron chi connectivity index (χ3n) is 2.50. The molecule has 2 aromatic carbocycles. The van der Waals surface area contributed by atoms with Crippen LogP contribution in [0.2, 0.25) is 0 Å². The Bertz CT molecular complexity index is 613. The van der Waals surface area contributed by atoms with Gasteiger partial charge in [-0.2, -0.15) is 5.48 Å². The number of nitro groups is 1. The topological polar surface area (TPSA) is 90.7 Å². The molecular formula is C14H12N2O5. The molecule has 7 heteroatoms. The van der Waals surface area contributed by atoms with Crippen LogP contribution < -0.4 is 10.2 Å². The molecule has 1 N–H and O–H groups in total. The van der Waals surface area contributed by atoms with Crippen molar-refractivity contribution in [2.24, 2.45) is 0 Å². The third kappa shape index (κ3) is 4.59. The first kappa shape index (κ1) is 14.5. The van der Waals surface area contributed by atoms with E-state index in [1.54, 1.807) is 0 Å². The highest BCUT2D eigenvalue weighted by molar-refractivity contribution is 5.69. The van der Waals surface area contributed by atoms with Crippen molar-refractivity contribution in [2.45, 2.75) is 6.61 Å². The van der Waals surface area contributed by atoms with Crippen molar-refractivity contribution in [1.82, 2.24) is 5.48 Å². The van der Waals surface area contributed by atoms with Crippen LogP contribution in [0.5, 0.6) is 5.75 Å². The van der Waals surface area contributed by atoms with E-state index in [1.165, 1.54) is 24.3 Å². The van der Waals surface area contributed by atoms with Crippen molar-refractivity contribution in [3.63, 3.8) is 0 Å². The molecule has 0 aliphatic rings. The molecule has 2 aromatic rings. The molecule has 2 rings (SSSR count). The number of rotatable bonds is 5. The standard InChI is InChI=1S/C14H12N2O5/c17-14(15-20-10-11-4-2-1-3-5-11)21-13-8-6-12(7-9-13)16(18)19/h1-9H,10H2,(H,15,17). The predicted molar refractivity (Wildman–Crippen MR) is 73.5 cm³/mol. The summed E-state index contributed by atoms with van der Waals surface area (Å²) in [6, 6.07) is 14.4.